The maximum atomic E-state index is 13.4. The number of carbonyl (C=O) groups is 8. The summed E-state index contributed by atoms with van der Waals surface area (Å²) in [5.41, 5.74) is 4.38. The number of hydrogen-bond donors (Lipinski definition) is 7. The molecule has 0 fully saturated rings. The van der Waals surface area contributed by atoms with Crippen LogP contribution in [0.3, 0.4) is 0 Å². The van der Waals surface area contributed by atoms with Gasteiger partial charge in [0.15, 0.2) is 5.78 Å². The van der Waals surface area contributed by atoms with Crippen LogP contribution in [-0.2, 0) is 38.4 Å². The van der Waals surface area contributed by atoms with Crippen LogP contribution in [0.1, 0.15) is 72.1 Å². The Morgan fingerprint density at radius 2 is 1.10 bits per heavy atom. The van der Waals surface area contributed by atoms with E-state index in [2.05, 4.69) is 16.0 Å². The zero-order valence-corrected chi connectivity index (χ0v) is 23.7. The van der Waals surface area contributed by atoms with Gasteiger partial charge in [-0.25, -0.2) is 4.79 Å². The number of nitrogens with one attached hydrogen (secondary N) is 3. The molecule has 0 rings (SSSR count). The van der Waals surface area contributed by atoms with Crippen LogP contribution in [0.2, 0.25) is 0 Å². The number of ketones is 1. The Kier molecular flexibility index (Phi) is 15.9. The highest BCUT2D eigenvalue weighted by Crippen LogP contribution is 2.22. The number of amides is 2. The largest absolute Gasteiger partial charge is 0.565 e. The summed E-state index contributed by atoms with van der Waals surface area (Å²) in [5.74, 6) is -9.41. The maximum absolute atomic E-state index is 13.4. The number of carboxylic acid groups (broad SMARTS) is 3. The van der Waals surface area contributed by atoms with E-state index >= 15 is 0 Å². The first-order chi connectivity index (χ1) is 19.3. The van der Waals surface area contributed by atoms with Gasteiger partial charge in [-0.2, -0.15) is 0 Å². The summed E-state index contributed by atoms with van der Waals surface area (Å²) in [4.78, 5) is 95.6. The minimum Gasteiger partial charge on any atom is -0.565 e. The summed E-state index contributed by atoms with van der Waals surface area (Å²) in [6.45, 7) is 4.66. The monoisotopic (exact) mass is 606 g/mol. The maximum Gasteiger partial charge on any atom is 0.516 e. The van der Waals surface area contributed by atoms with Gasteiger partial charge in [0.2, 0.25) is 11.8 Å². The fourth-order valence-electron chi connectivity index (χ4n) is 3.84. The number of Topliss-reactive ketones (excluding diaryl/α,β-unsaturated/α-hetero) is 1. The highest BCUT2D eigenvalue weighted by molar-refractivity contribution is 5.95. The molecule has 5 unspecified atom stereocenters. The average Bonchev–Trinajstić information content (AvgIpc) is 2.88. The molecule has 0 heterocycles. The number of nitrogens with two attached hydrogens (primary N) is 1. The molecule has 0 aromatic heterocycles. The third-order valence-corrected chi connectivity index (χ3v) is 6.68. The molecule has 0 radical (unpaired) electrons. The zero-order valence-electron chi connectivity index (χ0n) is 23.7. The molecule has 17 heteroatoms. The quantitative estimate of drug-likeness (QED) is 0.0609. The molecule has 0 aliphatic rings. The van der Waals surface area contributed by atoms with Crippen molar-refractivity contribution >= 4 is 47.4 Å². The molecule has 0 aromatic carbocycles. The van der Waals surface area contributed by atoms with Gasteiger partial charge in [0.1, 0.15) is 24.9 Å². The molecular weight excluding hydrogens is 564 g/mol. The van der Waals surface area contributed by atoms with Crippen molar-refractivity contribution in [1.82, 2.24) is 16.0 Å². The lowest BCUT2D eigenvalue weighted by molar-refractivity contribution is -0.144. The third kappa shape index (κ3) is 13.5. The lowest BCUT2D eigenvalue weighted by atomic mass is 9.79. The van der Waals surface area contributed by atoms with Crippen LogP contribution < -0.4 is 21.7 Å². The van der Waals surface area contributed by atoms with E-state index in [0.29, 0.717) is 0 Å². The van der Waals surface area contributed by atoms with Crippen LogP contribution >= 0.6 is 0 Å². The van der Waals surface area contributed by atoms with Crippen LogP contribution in [0.5, 0.6) is 0 Å². The van der Waals surface area contributed by atoms with Gasteiger partial charge in [-0.05, 0) is 38.5 Å². The average molecular weight is 607 g/mol. The van der Waals surface area contributed by atoms with Crippen LogP contribution in [0.25, 0.3) is 0 Å². The van der Waals surface area contributed by atoms with Gasteiger partial charge in [-0.15, -0.1) is 0 Å². The van der Waals surface area contributed by atoms with Gasteiger partial charge >= 0.3 is 29.8 Å². The first-order valence-electron chi connectivity index (χ1n) is 13.1. The SMILES string of the molecule is CC(C)C(C)(NC(CCC(=O)[OH2+])C(=O)NC(CCC(=O)O)C(=O)NC(CCC(=O)[OH2+])C(=O)O)C(=O)C(N)CCC(=O)O. The second-order valence-electron chi connectivity index (χ2n) is 10.3. The smallest absolute Gasteiger partial charge is 0.516 e. The summed E-state index contributed by atoms with van der Waals surface area (Å²) in [5, 5.41) is 48.8. The number of rotatable bonds is 22. The van der Waals surface area contributed by atoms with Crippen LogP contribution in [0.4, 0.5) is 0 Å². The van der Waals surface area contributed by atoms with Crippen molar-refractivity contribution < 1.29 is 63.9 Å². The summed E-state index contributed by atoms with van der Waals surface area (Å²) in [7, 11) is 0. The Morgan fingerprint density at radius 3 is 1.52 bits per heavy atom. The Labute approximate surface area is 241 Å². The minimum absolute atomic E-state index is 0.200. The van der Waals surface area contributed by atoms with Crippen molar-refractivity contribution in [2.45, 2.75) is 102 Å². The molecule has 0 saturated carbocycles. The highest BCUT2D eigenvalue weighted by atomic mass is 16.4. The fraction of sp³-hybridized carbons (Fsp3) is 0.680. The van der Waals surface area contributed by atoms with Crippen molar-refractivity contribution in [3.05, 3.63) is 0 Å². The van der Waals surface area contributed by atoms with Gasteiger partial charge in [-0.3, -0.25) is 29.3 Å². The van der Waals surface area contributed by atoms with Gasteiger partial charge < -0.3 is 41.9 Å². The lowest BCUT2D eigenvalue weighted by Crippen LogP contribution is -2.65. The van der Waals surface area contributed by atoms with Crippen LogP contribution in [0.15, 0.2) is 0 Å². The van der Waals surface area contributed by atoms with E-state index in [0.717, 1.165) is 0 Å². The summed E-state index contributed by atoms with van der Waals surface area (Å²) in [6, 6.07) is -5.86. The lowest BCUT2D eigenvalue weighted by Gasteiger charge is -2.38. The molecule has 2 amide bonds. The molecule has 0 spiro atoms. The van der Waals surface area contributed by atoms with Crippen molar-refractivity contribution in [2.75, 3.05) is 0 Å². The van der Waals surface area contributed by atoms with Gasteiger partial charge in [0, 0.05) is 22.4 Å². The van der Waals surface area contributed by atoms with E-state index in [9.17, 15) is 43.5 Å². The topological polar surface area (TPSA) is 305 Å². The summed E-state index contributed by atoms with van der Waals surface area (Å²) >= 11 is 0. The van der Waals surface area contributed by atoms with Crippen LogP contribution in [-0.4, -0.2) is 103 Å². The molecular formula is C25H42N4O13+2. The van der Waals surface area contributed by atoms with Crippen molar-refractivity contribution in [2.24, 2.45) is 11.7 Å². The fourth-order valence-corrected chi connectivity index (χ4v) is 3.84. The molecule has 0 aromatic rings. The van der Waals surface area contributed by atoms with Gasteiger partial charge in [-0.1, -0.05) is 13.8 Å². The first kappa shape index (κ1) is 37.9. The molecule has 42 heavy (non-hydrogen) atoms. The molecule has 0 aliphatic carbocycles. The van der Waals surface area contributed by atoms with E-state index in [1.54, 1.807) is 13.8 Å². The molecule has 5 atom stereocenters. The predicted octanol–water partition coefficient (Wildman–Crippen LogP) is -2.90. The normalized spacial score (nSPS) is 15.4. The second-order valence-corrected chi connectivity index (χ2v) is 10.3. The van der Waals surface area contributed by atoms with Gasteiger partial charge in [0.25, 0.3) is 0 Å². The van der Waals surface area contributed by atoms with Crippen molar-refractivity contribution in [3.8, 4) is 0 Å². The predicted molar refractivity (Wildman–Crippen MR) is 144 cm³/mol. The Balaban J connectivity index is 6.17. The van der Waals surface area contributed by atoms with E-state index in [4.69, 9.17) is 26.2 Å². The van der Waals surface area contributed by atoms with Crippen molar-refractivity contribution in [1.29, 1.82) is 0 Å². The Morgan fingerprint density at radius 1 is 0.690 bits per heavy atom. The van der Waals surface area contributed by atoms with E-state index in [1.165, 1.54) is 6.92 Å². The standard InChI is InChI=1S/C25H40N4O13/c1-12(2)25(3,21(38)13(26)4-8-17(30)31)29-15(6-10-19(34)35)23(40)27-14(5-9-18(32)33)22(39)28-16(24(41)42)7-11-20(36)37/h12-16,29H,4-11,26H2,1-3H3,(H,27,40)(H,28,39)(H,30,31)(H,32,33)(H,34,35)(H,36,37)(H,41,42)/p+2. The summed E-state index contributed by atoms with van der Waals surface area (Å²) < 4.78 is 0. The first-order valence-corrected chi connectivity index (χ1v) is 13.1. The number of aliphatic carboxylic acids is 3. The summed E-state index contributed by atoms with van der Waals surface area (Å²) in [6.07, 6.45) is -3.41. The van der Waals surface area contributed by atoms with Crippen molar-refractivity contribution in [3.63, 3.8) is 0 Å². The zero-order chi connectivity index (χ0) is 32.8. The second kappa shape index (κ2) is 17.6. The molecule has 0 aliphatic heterocycles. The Hall–Kier alpha value is -4.12. The van der Waals surface area contributed by atoms with E-state index < -0.39 is 122 Å². The van der Waals surface area contributed by atoms with E-state index in [-0.39, 0.29) is 12.8 Å². The van der Waals surface area contributed by atoms with Crippen LogP contribution in [0, 0.1) is 5.92 Å². The Bertz CT molecular complexity index is 1030. The third-order valence-electron chi connectivity index (χ3n) is 6.68. The molecule has 0 bridgehead atoms. The number of hydrogen-bond acceptors (Lipinski definition) is 10. The number of carboxylic acids is 3. The molecule has 17 nitrogen and oxygen atoms in total. The molecule has 0 saturated heterocycles. The van der Waals surface area contributed by atoms with Gasteiger partial charge in [0.05, 0.1) is 17.6 Å². The number of carbonyl (C=O) groups excluding carboxylic acids is 5. The highest BCUT2D eigenvalue weighted by Gasteiger charge is 2.42. The van der Waals surface area contributed by atoms with E-state index in [1.807, 2.05) is 0 Å². The molecule has 238 valence electrons. The molecule has 12 N–H and O–H groups in total. The minimum atomic E-state index is -1.62.